The van der Waals surface area contributed by atoms with Gasteiger partial charge in [0, 0.05) is 11.9 Å². The summed E-state index contributed by atoms with van der Waals surface area (Å²) >= 11 is 0. The molecule has 1 aromatic heterocycles. The van der Waals surface area contributed by atoms with Gasteiger partial charge in [-0.2, -0.15) is 8.42 Å². The molecule has 106 valence electrons. The molecule has 0 fully saturated rings. The van der Waals surface area contributed by atoms with E-state index in [0.29, 0.717) is 5.69 Å². The molecule has 20 heavy (non-hydrogen) atoms. The third kappa shape index (κ3) is 3.14. The Morgan fingerprint density at radius 2 is 1.95 bits per heavy atom. The van der Waals surface area contributed by atoms with E-state index in [2.05, 4.69) is 9.71 Å². The lowest BCUT2D eigenvalue weighted by atomic mass is 10.0. The minimum Gasteiger partial charge on any atom is -0.278 e. The third-order valence-electron chi connectivity index (χ3n) is 2.78. The van der Waals surface area contributed by atoms with Crippen molar-refractivity contribution in [1.29, 1.82) is 0 Å². The molecule has 0 bridgehead atoms. The molecule has 0 aliphatic rings. The van der Waals surface area contributed by atoms with E-state index in [4.69, 9.17) is 0 Å². The van der Waals surface area contributed by atoms with Gasteiger partial charge in [-0.05, 0) is 35.7 Å². The van der Waals surface area contributed by atoms with Crippen molar-refractivity contribution in [2.45, 2.75) is 24.8 Å². The number of hydrogen-bond donors (Lipinski definition) is 1. The van der Waals surface area contributed by atoms with E-state index in [1.807, 2.05) is 19.9 Å². The molecular weight excluding hydrogens is 279 g/mol. The monoisotopic (exact) mass is 294 g/mol. The van der Waals surface area contributed by atoms with Crippen LogP contribution in [0.2, 0.25) is 0 Å². The SMILES string of the molecule is CC(C)c1cccc(NS(=O)(=O)c2ncccc2F)c1. The van der Waals surface area contributed by atoms with Gasteiger partial charge in [0.05, 0.1) is 0 Å². The average molecular weight is 294 g/mol. The van der Waals surface area contributed by atoms with Crippen LogP contribution in [0.3, 0.4) is 0 Å². The first-order valence-corrected chi connectivity index (χ1v) is 7.62. The van der Waals surface area contributed by atoms with Crippen molar-refractivity contribution in [3.63, 3.8) is 0 Å². The Labute approximate surface area is 117 Å². The lowest BCUT2D eigenvalue weighted by molar-refractivity contribution is 0.557. The molecule has 0 radical (unpaired) electrons. The van der Waals surface area contributed by atoms with E-state index >= 15 is 0 Å². The Kier molecular flexibility index (Phi) is 4.04. The van der Waals surface area contributed by atoms with E-state index in [0.717, 1.165) is 11.6 Å². The first kappa shape index (κ1) is 14.5. The standard InChI is InChI=1S/C14H15FN2O2S/c1-10(2)11-5-3-6-12(9-11)17-20(18,19)14-13(15)7-4-8-16-14/h3-10,17H,1-2H3. The van der Waals surface area contributed by atoms with Crippen LogP contribution in [0.1, 0.15) is 25.3 Å². The predicted molar refractivity (Wildman–Crippen MR) is 75.5 cm³/mol. The zero-order valence-corrected chi connectivity index (χ0v) is 12.0. The fourth-order valence-electron chi connectivity index (χ4n) is 1.73. The van der Waals surface area contributed by atoms with Gasteiger partial charge in [-0.15, -0.1) is 0 Å². The van der Waals surface area contributed by atoms with Gasteiger partial charge in [0.2, 0.25) is 5.03 Å². The number of nitrogens with zero attached hydrogens (tertiary/aromatic N) is 1. The summed E-state index contributed by atoms with van der Waals surface area (Å²) in [5.41, 5.74) is 1.38. The first-order chi connectivity index (χ1) is 9.40. The average Bonchev–Trinajstić information content (AvgIpc) is 2.38. The number of pyridine rings is 1. The van der Waals surface area contributed by atoms with Crippen LogP contribution in [0.15, 0.2) is 47.6 Å². The van der Waals surface area contributed by atoms with Crippen molar-refractivity contribution in [3.05, 3.63) is 54.0 Å². The molecule has 1 aromatic carbocycles. The van der Waals surface area contributed by atoms with Gasteiger partial charge in [-0.1, -0.05) is 26.0 Å². The van der Waals surface area contributed by atoms with E-state index in [1.165, 1.54) is 12.3 Å². The highest BCUT2D eigenvalue weighted by Gasteiger charge is 2.20. The summed E-state index contributed by atoms with van der Waals surface area (Å²) < 4.78 is 40.0. The topological polar surface area (TPSA) is 59.1 Å². The Hall–Kier alpha value is -1.95. The summed E-state index contributed by atoms with van der Waals surface area (Å²) in [5.74, 6) is -0.606. The number of aromatic nitrogens is 1. The zero-order valence-electron chi connectivity index (χ0n) is 11.2. The highest BCUT2D eigenvalue weighted by atomic mass is 32.2. The van der Waals surface area contributed by atoms with E-state index in [1.54, 1.807) is 18.2 Å². The van der Waals surface area contributed by atoms with Crippen LogP contribution >= 0.6 is 0 Å². The highest BCUT2D eigenvalue weighted by molar-refractivity contribution is 7.92. The summed E-state index contributed by atoms with van der Waals surface area (Å²) in [6.07, 6.45) is 1.24. The molecule has 0 saturated heterocycles. The Balaban J connectivity index is 2.34. The molecule has 0 spiro atoms. The maximum absolute atomic E-state index is 13.5. The number of nitrogens with one attached hydrogen (secondary N) is 1. The van der Waals surface area contributed by atoms with Gasteiger partial charge in [0.25, 0.3) is 10.0 Å². The Morgan fingerprint density at radius 1 is 1.20 bits per heavy atom. The number of sulfonamides is 1. The van der Waals surface area contributed by atoms with Gasteiger partial charge in [0.15, 0.2) is 5.82 Å². The number of hydrogen-bond acceptors (Lipinski definition) is 3. The molecule has 0 amide bonds. The lowest BCUT2D eigenvalue weighted by Gasteiger charge is -2.11. The van der Waals surface area contributed by atoms with Crippen molar-refractivity contribution < 1.29 is 12.8 Å². The summed E-state index contributed by atoms with van der Waals surface area (Å²) in [5, 5.41) is -0.602. The van der Waals surface area contributed by atoms with Crippen LogP contribution in [-0.2, 0) is 10.0 Å². The van der Waals surface area contributed by atoms with Gasteiger partial charge >= 0.3 is 0 Å². The quantitative estimate of drug-likeness (QED) is 0.942. The maximum Gasteiger partial charge on any atom is 0.282 e. The van der Waals surface area contributed by atoms with Crippen LogP contribution in [0.4, 0.5) is 10.1 Å². The molecule has 2 aromatic rings. The second-order valence-electron chi connectivity index (χ2n) is 4.68. The molecule has 0 atom stereocenters. The molecule has 4 nitrogen and oxygen atoms in total. The minimum absolute atomic E-state index is 0.269. The van der Waals surface area contributed by atoms with Crippen molar-refractivity contribution in [2.24, 2.45) is 0 Å². The molecule has 1 heterocycles. The Morgan fingerprint density at radius 3 is 2.60 bits per heavy atom. The maximum atomic E-state index is 13.5. The van der Waals surface area contributed by atoms with Crippen LogP contribution in [-0.4, -0.2) is 13.4 Å². The molecule has 0 saturated carbocycles. The summed E-state index contributed by atoms with van der Waals surface area (Å²) in [4.78, 5) is 3.58. The number of rotatable bonds is 4. The fourth-order valence-corrected chi connectivity index (χ4v) is 2.79. The molecule has 6 heteroatoms. The zero-order chi connectivity index (χ0) is 14.8. The largest absolute Gasteiger partial charge is 0.282 e. The molecule has 0 aliphatic heterocycles. The van der Waals surface area contributed by atoms with Crippen molar-refractivity contribution >= 4 is 15.7 Å². The fraction of sp³-hybridized carbons (Fsp3) is 0.214. The van der Waals surface area contributed by atoms with E-state index in [-0.39, 0.29) is 5.92 Å². The molecule has 2 rings (SSSR count). The lowest BCUT2D eigenvalue weighted by Crippen LogP contribution is -2.16. The summed E-state index contributed by atoms with van der Waals surface area (Å²) in [6, 6.07) is 9.40. The molecule has 1 N–H and O–H groups in total. The molecular formula is C14H15FN2O2S. The van der Waals surface area contributed by atoms with Crippen LogP contribution in [0.5, 0.6) is 0 Å². The normalized spacial score (nSPS) is 11.6. The molecule has 0 aliphatic carbocycles. The van der Waals surface area contributed by atoms with Gasteiger partial charge in [0.1, 0.15) is 0 Å². The highest BCUT2D eigenvalue weighted by Crippen LogP contribution is 2.21. The van der Waals surface area contributed by atoms with E-state index in [9.17, 15) is 12.8 Å². The van der Waals surface area contributed by atoms with E-state index < -0.39 is 20.9 Å². The van der Waals surface area contributed by atoms with Crippen molar-refractivity contribution in [1.82, 2.24) is 4.98 Å². The number of benzene rings is 1. The van der Waals surface area contributed by atoms with Gasteiger partial charge in [-0.25, -0.2) is 9.37 Å². The van der Waals surface area contributed by atoms with Crippen molar-refractivity contribution in [2.75, 3.05) is 4.72 Å². The third-order valence-corrected chi connectivity index (χ3v) is 4.10. The summed E-state index contributed by atoms with van der Waals surface area (Å²) in [6.45, 7) is 4.01. The van der Waals surface area contributed by atoms with Crippen molar-refractivity contribution in [3.8, 4) is 0 Å². The second kappa shape index (κ2) is 5.58. The predicted octanol–water partition coefficient (Wildman–Crippen LogP) is 3.14. The van der Waals surface area contributed by atoms with Crippen LogP contribution in [0, 0.1) is 5.82 Å². The minimum atomic E-state index is -4.02. The summed E-state index contributed by atoms with van der Waals surface area (Å²) in [7, 11) is -4.02. The molecule has 0 unspecified atom stereocenters. The van der Waals surface area contributed by atoms with Gasteiger partial charge < -0.3 is 0 Å². The smallest absolute Gasteiger partial charge is 0.278 e. The first-order valence-electron chi connectivity index (χ1n) is 6.13. The van der Waals surface area contributed by atoms with Gasteiger partial charge in [-0.3, -0.25) is 4.72 Å². The van der Waals surface area contributed by atoms with Crippen LogP contribution in [0.25, 0.3) is 0 Å². The number of anilines is 1. The second-order valence-corrected chi connectivity index (χ2v) is 6.27. The van der Waals surface area contributed by atoms with Crippen LogP contribution < -0.4 is 4.72 Å². The number of halogens is 1. The Bertz CT molecular complexity index is 715.